The van der Waals surface area contributed by atoms with E-state index in [2.05, 4.69) is 36.3 Å². The topological polar surface area (TPSA) is 58.1 Å². The molecule has 32 heavy (non-hydrogen) atoms. The Labute approximate surface area is 210 Å². The number of aliphatic imine (C=N–C) groups is 1. The van der Waals surface area contributed by atoms with Crippen molar-refractivity contribution in [1.29, 1.82) is 0 Å². The second-order valence-corrected chi connectivity index (χ2v) is 8.45. The highest BCUT2D eigenvalue weighted by Gasteiger charge is 2.20. The van der Waals surface area contributed by atoms with E-state index in [9.17, 15) is 4.39 Å². The van der Waals surface area contributed by atoms with Gasteiger partial charge in [-0.3, -0.25) is 9.89 Å². The van der Waals surface area contributed by atoms with Gasteiger partial charge >= 0.3 is 0 Å². The van der Waals surface area contributed by atoms with E-state index in [1.165, 1.54) is 7.11 Å². The van der Waals surface area contributed by atoms with E-state index in [1.54, 1.807) is 12.1 Å². The molecule has 1 heterocycles. The third-order valence-electron chi connectivity index (χ3n) is 5.70. The van der Waals surface area contributed by atoms with Crippen molar-refractivity contribution in [3.05, 3.63) is 29.6 Å². The van der Waals surface area contributed by atoms with Gasteiger partial charge in [0.2, 0.25) is 0 Å². The first-order chi connectivity index (χ1) is 15.0. The van der Waals surface area contributed by atoms with Gasteiger partial charge in [0, 0.05) is 45.4 Å². The van der Waals surface area contributed by atoms with Crippen LogP contribution < -0.4 is 15.4 Å². The smallest absolute Gasteiger partial charge is 0.191 e. The largest absolute Gasteiger partial charge is 0.494 e. The molecule has 6 nitrogen and oxygen atoms in total. The van der Waals surface area contributed by atoms with Crippen molar-refractivity contribution in [3.63, 3.8) is 0 Å². The number of rotatable bonds is 11. The summed E-state index contributed by atoms with van der Waals surface area (Å²) in [6.45, 7) is 13.6. The van der Waals surface area contributed by atoms with E-state index in [4.69, 9.17) is 14.5 Å². The number of hydrogen-bond donors (Lipinski definition) is 2. The highest BCUT2D eigenvalue weighted by atomic mass is 127. The molecule has 8 heteroatoms. The summed E-state index contributed by atoms with van der Waals surface area (Å²) in [5.41, 5.74) is 0.980. The van der Waals surface area contributed by atoms with Crippen LogP contribution in [0.4, 0.5) is 4.39 Å². The van der Waals surface area contributed by atoms with Crippen molar-refractivity contribution in [1.82, 2.24) is 15.5 Å². The van der Waals surface area contributed by atoms with Gasteiger partial charge in [-0.1, -0.05) is 19.9 Å². The second-order valence-electron chi connectivity index (χ2n) is 8.45. The van der Waals surface area contributed by atoms with Crippen molar-refractivity contribution in [2.24, 2.45) is 10.9 Å². The molecular formula is C24H42FIN4O2. The zero-order valence-electron chi connectivity index (χ0n) is 20.3. The van der Waals surface area contributed by atoms with Crippen molar-refractivity contribution >= 4 is 29.9 Å². The maximum Gasteiger partial charge on any atom is 0.191 e. The van der Waals surface area contributed by atoms with E-state index >= 15 is 0 Å². The Bertz CT molecular complexity index is 682. The molecular weight excluding hydrogens is 522 g/mol. The number of nitrogens with zero attached hydrogens (tertiary/aromatic N) is 2. The number of guanidine groups is 1. The minimum atomic E-state index is -0.299. The number of benzene rings is 1. The molecule has 2 rings (SSSR count). The first-order valence-corrected chi connectivity index (χ1v) is 11.7. The molecule has 0 amide bonds. The van der Waals surface area contributed by atoms with Crippen LogP contribution in [0, 0.1) is 11.7 Å². The highest BCUT2D eigenvalue weighted by molar-refractivity contribution is 14.0. The van der Waals surface area contributed by atoms with Crippen LogP contribution in [-0.2, 0) is 11.3 Å². The third kappa shape index (κ3) is 9.79. The summed E-state index contributed by atoms with van der Waals surface area (Å²) in [6.07, 6.45) is 3.26. The molecule has 2 N–H and O–H groups in total. The standard InChI is InChI=1S/C24H41FN4O2.HI/c1-6-26-24(27-13-10-22(18(3)4)31-7-2)28-20-11-14-29(15-12-20)17-19-8-9-23(30-5)21(25)16-19;/h8-9,16,18,20,22H,6-7,10-15,17H2,1-5H3,(H2,26,27,28);1H. The van der Waals surface area contributed by atoms with Crippen molar-refractivity contribution in [2.45, 2.75) is 65.6 Å². The molecule has 1 aliphatic heterocycles. The van der Waals surface area contributed by atoms with Gasteiger partial charge in [-0.25, -0.2) is 4.39 Å². The van der Waals surface area contributed by atoms with E-state index in [1.807, 2.05) is 13.0 Å². The molecule has 1 saturated heterocycles. The first-order valence-electron chi connectivity index (χ1n) is 11.7. The summed E-state index contributed by atoms with van der Waals surface area (Å²) >= 11 is 0. The number of piperidine rings is 1. The fraction of sp³-hybridized carbons (Fsp3) is 0.708. The van der Waals surface area contributed by atoms with Crippen LogP contribution in [0.3, 0.4) is 0 Å². The second kappa shape index (κ2) is 15.7. The quantitative estimate of drug-likeness (QED) is 0.237. The van der Waals surface area contributed by atoms with Crippen molar-refractivity contribution < 1.29 is 13.9 Å². The fourth-order valence-electron chi connectivity index (χ4n) is 3.94. The highest BCUT2D eigenvalue weighted by Crippen LogP contribution is 2.20. The fourth-order valence-corrected chi connectivity index (χ4v) is 3.94. The van der Waals surface area contributed by atoms with E-state index < -0.39 is 0 Å². The number of nitrogens with one attached hydrogen (secondary N) is 2. The van der Waals surface area contributed by atoms with Gasteiger partial charge in [0.05, 0.1) is 13.2 Å². The number of hydrogen-bond acceptors (Lipinski definition) is 4. The predicted molar refractivity (Wildman–Crippen MR) is 141 cm³/mol. The summed E-state index contributed by atoms with van der Waals surface area (Å²) in [5.74, 6) is 1.38. The Balaban J connectivity index is 0.00000512. The Morgan fingerprint density at radius 1 is 1.25 bits per heavy atom. The Kier molecular flexibility index (Phi) is 14.1. The Morgan fingerprint density at radius 2 is 1.97 bits per heavy atom. The zero-order chi connectivity index (χ0) is 22.6. The average molecular weight is 565 g/mol. The predicted octanol–water partition coefficient (Wildman–Crippen LogP) is 4.42. The van der Waals surface area contributed by atoms with Gasteiger partial charge in [0.1, 0.15) is 0 Å². The van der Waals surface area contributed by atoms with Gasteiger partial charge < -0.3 is 20.1 Å². The molecule has 1 aromatic carbocycles. The normalized spacial score (nSPS) is 16.5. The molecule has 0 bridgehead atoms. The van der Waals surface area contributed by atoms with E-state index in [0.717, 1.165) is 70.1 Å². The lowest BCUT2D eigenvalue weighted by Gasteiger charge is -2.33. The third-order valence-corrected chi connectivity index (χ3v) is 5.70. The van der Waals surface area contributed by atoms with Crippen molar-refractivity contribution in [2.75, 3.05) is 39.9 Å². The van der Waals surface area contributed by atoms with E-state index in [0.29, 0.717) is 17.7 Å². The van der Waals surface area contributed by atoms with E-state index in [-0.39, 0.29) is 35.9 Å². The maximum absolute atomic E-state index is 13.9. The van der Waals surface area contributed by atoms with Crippen LogP contribution in [0.25, 0.3) is 0 Å². The lowest BCUT2D eigenvalue weighted by atomic mass is 10.0. The van der Waals surface area contributed by atoms with Gasteiger partial charge in [-0.05, 0) is 56.7 Å². The van der Waals surface area contributed by atoms with Crippen LogP contribution in [0.2, 0.25) is 0 Å². The number of ether oxygens (including phenoxy) is 2. The summed E-state index contributed by atoms with van der Waals surface area (Å²) in [5, 5.41) is 6.96. The Hall–Kier alpha value is -1.13. The number of likely N-dealkylation sites (tertiary alicyclic amines) is 1. The monoisotopic (exact) mass is 564 g/mol. The molecule has 0 radical (unpaired) electrons. The molecule has 0 aliphatic carbocycles. The molecule has 1 aromatic rings. The lowest BCUT2D eigenvalue weighted by Crippen LogP contribution is -2.48. The number of methoxy groups -OCH3 is 1. The molecule has 1 fully saturated rings. The summed E-state index contributed by atoms with van der Waals surface area (Å²) in [7, 11) is 1.49. The first kappa shape index (κ1) is 28.9. The maximum atomic E-state index is 13.9. The molecule has 1 atom stereocenters. The van der Waals surface area contributed by atoms with Gasteiger partial charge in [0.25, 0.3) is 0 Å². The molecule has 0 spiro atoms. The Morgan fingerprint density at radius 3 is 2.53 bits per heavy atom. The minimum absolute atomic E-state index is 0. The SMILES string of the molecule is CCNC(=NCCC(OCC)C(C)C)NC1CCN(Cc2ccc(OC)c(F)c2)CC1.I. The molecule has 1 aliphatic rings. The van der Waals surface area contributed by atoms with Gasteiger partial charge in [0.15, 0.2) is 17.5 Å². The molecule has 184 valence electrons. The summed E-state index contributed by atoms with van der Waals surface area (Å²) in [4.78, 5) is 7.15. The summed E-state index contributed by atoms with van der Waals surface area (Å²) < 4.78 is 24.8. The van der Waals surface area contributed by atoms with Gasteiger partial charge in [-0.2, -0.15) is 0 Å². The lowest BCUT2D eigenvalue weighted by molar-refractivity contribution is 0.0266. The van der Waals surface area contributed by atoms with Gasteiger partial charge in [-0.15, -0.1) is 24.0 Å². The van der Waals surface area contributed by atoms with Crippen LogP contribution >= 0.6 is 24.0 Å². The van der Waals surface area contributed by atoms with Crippen molar-refractivity contribution in [3.8, 4) is 5.75 Å². The van der Waals surface area contributed by atoms with Crippen LogP contribution in [-0.4, -0.2) is 62.9 Å². The molecule has 1 unspecified atom stereocenters. The minimum Gasteiger partial charge on any atom is -0.494 e. The molecule has 0 aromatic heterocycles. The number of halogens is 2. The average Bonchev–Trinajstić information content (AvgIpc) is 2.74. The zero-order valence-corrected chi connectivity index (χ0v) is 22.7. The summed E-state index contributed by atoms with van der Waals surface area (Å²) in [6, 6.07) is 5.61. The van der Waals surface area contributed by atoms with Crippen LogP contribution in [0.5, 0.6) is 5.75 Å². The van der Waals surface area contributed by atoms with Crippen LogP contribution in [0.15, 0.2) is 23.2 Å². The molecule has 0 saturated carbocycles. The van der Waals surface area contributed by atoms with Crippen LogP contribution in [0.1, 0.15) is 52.5 Å².